The monoisotopic (exact) mass is 372 g/mol. The van der Waals surface area contributed by atoms with E-state index in [1.165, 1.54) is 4.90 Å². The van der Waals surface area contributed by atoms with Gasteiger partial charge in [-0.25, -0.2) is 0 Å². The predicted molar refractivity (Wildman–Crippen MR) is 105 cm³/mol. The number of rotatable bonds is 6. The average molecular weight is 372 g/mol. The first-order valence-electron chi connectivity index (χ1n) is 9.77. The largest absolute Gasteiger partial charge is 0.353 e. The van der Waals surface area contributed by atoms with Crippen LogP contribution in [-0.2, 0) is 14.4 Å². The van der Waals surface area contributed by atoms with E-state index in [1.807, 2.05) is 12.1 Å². The zero-order valence-electron chi connectivity index (χ0n) is 15.9. The molecule has 27 heavy (non-hydrogen) atoms. The van der Waals surface area contributed by atoms with Crippen LogP contribution < -0.4 is 15.5 Å². The first kappa shape index (κ1) is 19.4. The number of nitrogens with one attached hydrogen (secondary N) is 2. The van der Waals surface area contributed by atoms with E-state index in [4.69, 9.17) is 0 Å². The van der Waals surface area contributed by atoms with Gasteiger partial charge < -0.3 is 20.4 Å². The van der Waals surface area contributed by atoms with Crippen LogP contribution >= 0.6 is 0 Å². The molecule has 0 saturated carbocycles. The molecule has 3 rings (SSSR count). The van der Waals surface area contributed by atoms with E-state index in [2.05, 4.69) is 22.5 Å². The number of likely N-dealkylation sites (tertiary alicyclic amines) is 1. The fraction of sp³-hybridized carbons (Fsp3) is 0.550. The van der Waals surface area contributed by atoms with Crippen molar-refractivity contribution >= 4 is 29.1 Å². The number of para-hydroxylation sites is 2. The molecule has 146 valence electrons. The molecule has 2 aliphatic heterocycles. The predicted octanol–water partition coefficient (Wildman–Crippen LogP) is 1.74. The van der Waals surface area contributed by atoms with Gasteiger partial charge in [-0.3, -0.25) is 14.4 Å². The smallest absolute Gasteiger partial charge is 0.244 e. The average Bonchev–Trinajstić information content (AvgIpc) is 2.67. The number of hydrogen-bond acceptors (Lipinski definition) is 4. The molecule has 2 aliphatic rings. The molecule has 2 heterocycles. The fourth-order valence-electron chi connectivity index (χ4n) is 3.73. The first-order chi connectivity index (χ1) is 13.1. The van der Waals surface area contributed by atoms with Gasteiger partial charge in [0, 0.05) is 32.0 Å². The van der Waals surface area contributed by atoms with Crippen LogP contribution in [0.4, 0.5) is 11.4 Å². The van der Waals surface area contributed by atoms with E-state index in [9.17, 15) is 14.4 Å². The Hall–Kier alpha value is -2.41. The minimum absolute atomic E-state index is 0.00659. The van der Waals surface area contributed by atoms with E-state index >= 15 is 0 Å². The molecule has 0 atom stereocenters. The Morgan fingerprint density at radius 2 is 1.93 bits per heavy atom. The van der Waals surface area contributed by atoms with Crippen molar-refractivity contribution in [2.45, 2.75) is 45.1 Å². The third-order valence-electron chi connectivity index (χ3n) is 5.13. The van der Waals surface area contributed by atoms with Gasteiger partial charge in [0.1, 0.15) is 6.54 Å². The molecular weight excluding hydrogens is 344 g/mol. The maximum Gasteiger partial charge on any atom is 0.244 e. The summed E-state index contributed by atoms with van der Waals surface area (Å²) in [5, 5.41) is 5.81. The van der Waals surface area contributed by atoms with Crippen molar-refractivity contribution in [3.8, 4) is 0 Å². The van der Waals surface area contributed by atoms with Crippen LogP contribution in [0.1, 0.15) is 39.0 Å². The highest BCUT2D eigenvalue weighted by molar-refractivity contribution is 6.10. The van der Waals surface area contributed by atoms with Gasteiger partial charge in [-0.1, -0.05) is 19.1 Å². The van der Waals surface area contributed by atoms with Crippen molar-refractivity contribution in [3.63, 3.8) is 0 Å². The minimum Gasteiger partial charge on any atom is -0.353 e. The summed E-state index contributed by atoms with van der Waals surface area (Å²) in [5.41, 5.74) is 1.32. The number of fused-ring (bicyclic) bond motifs is 1. The second-order valence-corrected chi connectivity index (χ2v) is 7.23. The summed E-state index contributed by atoms with van der Waals surface area (Å²) in [6, 6.07) is 7.41. The standard InChI is InChI=1S/C20H28N4O3/c1-2-11-23-12-9-15(10-13-23)21-18(25)7-8-20(27)24-14-19(26)22-16-5-3-4-6-17(16)24/h3-6,15H,2,7-14H2,1H3,(H,21,25)(H,22,26). The van der Waals surface area contributed by atoms with Gasteiger partial charge in [-0.15, -0.1) is 0 Å². The summed E-state index contributed by atoms with van der Waals surface area (Å²) in [4.78, 5) is 40.5. The summed E-state index contributed by atoms with van der Waals surface area (Å²) >= 11 is 0. The molecule has 1 fully saturated rings. The Morgan fingerprint density at radius 3 is 2.67 bits per heavy atom. The zero-order valence-corrected chi connectivity index (χ0v) is 15.9. The summed E-state index contributed by atoms with van der Waals surface area (Å²) in [7, 11) is 0. The van der Waals surface area contributed by atoms with Crippen LogP contribution in [0.5, 0.6) is 0 Å². The van der Waals surface area contributed by atoms with Crippen molar-refractivity contribution in [1.82, 2.24) is 10.2 Å². The molecule has 0 unspecified atom stereocenters. The van der Waals surface area contributed by atoms with Crippen LogP contribution in [0.3, 0.4) is 0 Å². The lowest BCUT2D eigenvalue weighted by atomic mass is 10.0. The number of benzene rings is 1. The van der Waals surface area contributed by atoms with E-state index in [-0.39, 0.29) is 43.1 Å². The van der Waals surface area contributed by atoms with Gasteiger partial charge in [0.2, 0.25) is 17.7 Å². The van der Waals surface area contributed by atoms with Crippen molar-refractivity contribution in [1.29, 1.82) is 0 Å². The first-order valence-corrected chi connectivity index (χ1v) is 9.77. The SMILES string of the molecule is CCCN1CCC(NC(=O)CCC(=O)N2CC(=O)Nc3ccccc32)CC1. The summed E-state index contributed by atoms with van der Waals surface area (Å²) < 4.78 is 0. The highest BCUT2D eigenvalue weighted by atomic mass is 16.2. The molecule has 0 radical (unpaired) electrons. The molecule has 0 aromatic heterocycles. The number of carbonyl (C=O) groups is 3. The lowest BCUT2D eigenvalue weighted by Crippen LogP contribution is -2.45. The van der Waals surface area contributed by atoms with Crippen molar-refractivity contribution in [3.05, 3.63) is 24.3 Å². The maximum absolute atomic E-state index is 12.6. The van der Waals surface area contributed by atoms with E-state index < -0.39 is 0 Å². The molecule has 1 saturated heterocycles. The normalized spacial score (nSPS) is 18.0. The summed E-state index contributed by atoms with van der Waals surface area (Å²) in [5.74, 6) is -0.511. The van der Waals surface area contributed by atoms with Gasteiger partial charge >= 0.3 is 0 Å². The van der Waals surface area contributed by atoms with E-state index in [0.29, 0.717) is 11.4 Å². The molecule has 1 aromatic carbocycles. The molecule has 3 amide bonds. The van der Waals surface area contributed by atoms with Crippen molar-refractivity contribution in [2.75, 3.05) is 36.4 Å². The minimum atomic E-state index is -0.217. The van der Waals surface area contributed by atoms with Gasteiger partial charge in [0.25, 0.3) is 0 Å². The van der Waals surface area contributed by atoms with Crippen LogP contribution in [0.25, 0.3) is 0 Å². The number of amides is 3. The number of nitrogens with zero attached hydrogens (tertiary/aromatic N) is 2. The van der Waals surface area contributed by atoms with Gasteiger partial charge in [0.15, 0.2) is 0 Å². The van der Waals surface area contributed by atoms with E-state index in [0.717, 1.165) is 38.9 Å². The molecule has 1 aromatic rings. The highest BCUT2D eigenvalue weighted by Crippen LogP contribution is 2.29. The number of piperidine rings is 1. The molecule has 0 aliphatic carbocycles. The lowest BCUT2D eigenvalue weighted by Gasteiger charge is -2.32. The van der Waals surface area contributed by atoms with E-state index in [1.54, 1.807) is 12.1 Å². The Morgan fingerprint density at radius 1 is 1.19 bits per heavy atom. The summed E-state index contributed by atoms with van der Waals surface area (Å²) in [6.45, 7) is 5.30. The highest BCUT2D eigenvalue weighted by Gasteiger charge is 2.27. The van der Waals surface area contributed by atoms with Gasteiger partial charge in [-0.05, 0) is 37.9 Å². The maximum atomic E-state index is 12.6. The zero-order chi connectivity index (χ0) is 19.2. The third-order valence-corrected chi connectivity index (χ3v) is 5.13. The Labute approximate surface area is 160 Å². The topological polar surface area (TPSA) is 81.8 Å². The molecule has 0 bridgehead atoms. The van der Waals surface area contributed by atoms with Crippen molar-refractivity contribution < 1.29 is 14.4 Å². The lowest BCUT2D eigenvalue weighted by molar-refractivity contribution is -0.126. The fourth-order valence-corrected chi connectivity index (χ4v) is 3.73. The van der Waals surface area contributed by atoms with Gasteiger partial charge in [-0.2, -0.15) is 0 Å². The number of hydrogen-bond donors (Lipinski definition) is 2. The Kier molecular flexibility index (Phi) is 6.45. The summed E-state index contributed by atoms with van der Waals surface area (Å²) in [6.07, 6.45) is 3.31. The molecule has 0 spiro atoms. The van der Waals surface area contributed by atoms with Crippen LogP contribution in [0.15, 0.2) is 24.3 Å². The van der Waals surface area contributed by atoms with Crippen LogP contribution in [-0.4, -0.2) is 54.8 Å². The Balaban J connectivity index is 1.47. The molecular formula is C20H28N4O3. The second kappa shape index (κ2) is 8.99. The molecule has 2 N–H and O–H groups in total. The second-order valence-electron chi connectivity index (χ2n) is 7.23. The number of anilines is 2. The van der Waals surface area contributed by atoms with Crippen LogP contribution in [0, 0.1) is 0 Å². The van der Waals surface area contributed by atoms with Crippen molar-refractivity contribution in [2.24, 2.45) is 0 Å². The van der Waals surface area contributed by atoms with Gasteiger partial charge in [0.05, 0.1) is 11.4 Å². The molecule has 7 nitrogen and oxygen atoms in total. The Bertz CT molecular complexity index is 698. The van der Waals surface area contributed by atoms with Crippen LogP contribution in [0.2, 0.25) is 0 Å². The third kappa shape index (κ3) is 5.07. The quantitative estimate of drug-likeness (QED) is 0.797. The number of carbonyl (C=O) groups excluding carboxylic acids is 3. The molecule has 7 heteroatoms.